The molecule has 5 fully saturated rings. The van der Waals surface area contributed by atoms with E-state index < -0.39 is 0 Å². The lowest BCUT2D eigenvalue weighted by Crippen LogP contribution is -2.36. The molecule has 0 N–H and O–H groups in total. The van der Waals surface area contributed by atoms with Crippen molar-refractivity contribution in [3.05, 3.63) is 196 Å². The van der Waals surface area contributed by atoms with Crippen molar-refractivity contribution in [2.24, 2.45) is 46.8 Å². The van der Waals surface area contributed by atoms with Crippen molar-refractivity contribution in [2.45, 2.75) is 237 Å². The maximum atomic E-state index is 14.0. The molecule has 14 rings (SSSR count). The van der Waals surface area contributed by atoms with Crippen molar-refractivity contribution in [2.75, 3.05) is 79.8 Å². The summed E-state index contributed by atoms with van der Waals surface area (Å²) in [5, 5.41) is 0. The Balaban J connectivity index is 0.000000159. The topological polar surface area (TPSA) is 143 Å². The Kier molecular flexibility index (Phi) is 31.4. The van der Waals surface area contributed by atoms with Gasteiger partial charge in [-0.15, -0.1) is 0 Å². The first kappa shape index (κ1) is 86.3. The third kappa shape index (κ3) is 25.5. The Morgan fingerprint density at radius 1 is 0.461 bits per heavy atom. The summed E-state index contributed by atoms with van der Waals surface area (Å²) < 4.78 is 17.7. The number of aromatic nitrogens is 6. The molecule has 4 heterocycles. The number of fused-ring (bicyclic) bond motifs is 3. The minimum Gasteiger partial charge on any atom is -0.383 e. The molecule has 3 amide bonds. The fourth-order valence-electron chi connectivity index (χ4n) is 17.2. The number of imidazole rings is 3. The van der Waals surface area contributed by atoms with Crippen molar-refractivity contribution in [1.29, 1.82) is 0 Å². The highest BCUT2D eigenvalue weighted by molar-refractivity contribution is 5.96. The maximum Gasteiger partial charge on any atom is 0.254 e. The number of likely N-dealkylation sites (tertiary alicyclic amines) is 1. The van der Waals surface area contributed by atoms with Crippen LogP contribution in [0.25, 0.3) is 33.1 Å². The quantitative estimate of drug-likeness (QED) is 0.0365. The molecule has 5 aliphatic rings. The van der Waals surface area contributed by atoms with Crippen LogP contribution in [0.1, 0.15) is 237 Å². The molecule has 1 saturated heterocycles. The van der Waals surface area contributed by atoms with Gasteiger partial charge in [0.25, 0.3) is 17.7 Å². The van der Waals surface area contributed by atoms with Gasteiger partial charge in [0.2, 0.25) is 0 Å². The third-order valence-electron chi connectivity index (χ3n) is 24.3. The molecule has 17 nitrogen and oxygen atoms in total. The largest absolute Gasteiger partial charge is 0.383 e. The van der Waals surface area contributed by atoms with E-state index in [4.69, 9.17) is 24.4 Å². The molecule has 6 aromatic carbocycles. The number of nitrogens with zero attached hydrogens (tertiary/aromatic N) is 12. The molecule has 3 aromatic heterocycles. The van der Waals surface area contributed by atoms with Crippen molar-refractivity contribution < 1.29 is 23.9 Å². The second-order valence-corrected chi connectivity index (χ2v) is 36.6. The van der Waals surface area contributed by atoms with Crippen LogP contribution in [0, 0.1) is 46.8 Å². The molecule has 4 aliphatic carbocycles. The van der Waals surface area contributed by atoms with E-state index in [0.29, 0.717) is 68.6 Å². The van der Waals surface area contributed by atoms with Gasteiger partial charge < -0.3 is 37.9 Å². The summed E-state index contributed by atoms with van der Waals surface area (Å²) in [6.07, 6.45) is 19.8. The average molecular weight is 1560 g/mol. The molecule has 1 unspecified atom stereocenters. The summed E-state index contributed by atoms with van der Waals surface area (Å²) in [4.78, 5) is 70.6. The normalized spacial score (nSPS) is 16.7. The van der Waals surface area contributed by atoms with Crippen LogP contribution < -0.4 is 0 Å². The van der Waals surface area contributed by atoms with Crippen LogP contribution in [-0.4, -0.2) is 162 Å². The lowest BCUT2D eigenvalue weighted by atomic mass is 9.83. The van der Waals surface area contributed by atoms with E-state index in [2.05, 4.69) is 207 Å². The number of amides is 3. The number of para-hydroxylation sites is 6. The molecule has 17 heteroatoms. The van der Waals surface area contributed by atoms with Crippen molar-refractivity contribution in [3.63, 3.8) is 0 Å². The van der Waals surface area contributed by atoms with E-state index >= 15 is 0 Å². The Bertz CT molecular complexity index is 4540. The number of carbonyl (C=O) groups is 3. The highest BCUT2D eigenvalue weighted by Gasteiger charge is 2.33. The summed E-state index contributed by atoms with van der Waals surface area (Å²) in [7, 11) is 3.44. The first-order valence-electron chi connectivity index (χ1n) is 44.3. The van der Waals surface area contributed by atoms with Crippen molar-refractivity contribution in [3.8, 4) is 0 Å². The second kappa shape index (κ2) is 41.9. The molecule has 0 radical (unpaired) electrons. The Labute approximate surface area is 688 Å². The number of rotatable bonds is 38. The Hall–Kier alpha value is -8.06. The maximum absolute atomic E-state index is 14.0. The zero-order valence-corrected chi connectivity index (χ0v) is 72.1. The van der Waals surface area contributed by atoms with Gasteiger partial charge in [-0.05, 0) is 233 Å². The van der Waals surface area contributed by atoms with Gasteiger partial charge in [0.15, 0.2) is 0 Å². The van der Waals surface area contributed by atoms with Crippen LogP contribution in [0.4, 0.5) is 0 Å². The van der Waals surface area contributed by atoms with Crippen LogP contribution in [-0.2, 0) is 68.4 Å². The van der Waals surface area contributed by atoms with Gasteiger partial charge in [-0.1, -0.05) is 161 Å². The van der Waals surface area contributed by atoms with Gasteiger partial charge in [0.05, 0.1) is 65.9 Å². The molecule has 0 bridgehead atoms. The average Bonchev–Trinajstić information content (AvgIpc) is 1.65. The highest BCUT2D eigenvalue weighted by Crippen LogP contribution is 2.37. The number of carbonyl (C=O) groups excluding carboxylic acids is 3. The summed E-state index contributed by atoms with van der Waals surface area (Å²) in [6.45, 7) is 38.4. The monoisotopic (exact) mass is 1560 g/mol. The summed E-state index contributed by atoms with van der Waals surface area (Å²) >= 11 is 0. The van der Waals surface area contributed by atoms with Gasteiger partial charge in [-0.2, -0.15) is 0 Å². The number of hydrogen-bond acceptors (Lipinski definition) is 11. The SMILES string of the molecule is CC(C)CCN(Cc1nc2ccccc2n1CC1CC1)C(=O)c1cccc(CN2CCC(C)CC(C)(C)C2)c1.CCN(Cc1cccc(C(=O)N(CCC(C)C)Cc2nc3ccccc3n2CC2CC2)c1)C1CCCCC1.COCCN(CCOC)Cc1cccc(C(=O)N(CCC(C)C)Cc2nc3ccccc3n2CC2CC2)c1. The number of methoxy groups -OCH3 is 2. The number of benzene rings is 6. The molecular weight excluding hydrogens is 1430 g/mol. The Morgan fingerprint density at radius 3 is 1.23 bits per heavy atom. The fourth-order valence-corrected chi connectivity index (χ4v) is 17.2. The smallest absolute Gasteiger partial charge is 0.254 e. The van der Waals surface area contributed by atoms with Crippen LogP contribution >= 0.6 is 0 Å². The second-order valence-electron chi connectivity index (χ2n) is 36.6. The fraction of sp³-hybridized carbons (Fsp3) is 0.571. The van der Waals surface area contributed by atoms with Crippen LogP contribution in [0.3, 0.4) is 0 Å². The summed E-state index contributed by atoms with van der Waals surface area (Å²) in [5.41, 5.74) is 12.9. The van der Waals surface area contributed by atoms with Gasteiger partial charge in [0.1, 0.15) is 17.5 Å². The van der Waals surface area contributed by atoms with E-state index in [0.717, 1.165) is 184 Å². The number of ether oxygens (including phenoxy) is 2. The van der Waals surface area contributed by atoms with E-state index in [1.807, 2.05) is 51.1 Å². The van der Waals surface area contributed by atoms with E-state index in [-0.39, 0.29) is 17.7 Å². The van der Waals surface area contributed by atoms with E-state index in [1.54, 1.807) is 14.2 Å². The molecule has 115 heavy (non-hydrogen) atoms. The van der Waals surface area contributed by atoms with Gasteiger partial charge >= 0.3 is 0 Å². The van der Waals surface area contributed by atoms with Crippen molar-refractivity contribution >= 4 is 50.8 Å². The molecule has 4 saturated carbocycles. The predicted octanol–water partition coefficient (Wildman–Crippen LogP) is 19.9. The molecule has 1 atom stereocenters. The standard InChI is InChI=1S/C34H48N4O.C33H46N4O.C31H44N4O3/c1-25(2)15-18-37(23-32-35-30-11-6-7-12-31(30)38(32)22-27-13-14-27)33(39)29-10-8-9-28(19-29)21-36-17-16-26(3)20-34(4,5)24-36;1-4-35(29-13-6-5-7-14-29)22-27-11-10-12-28(21-27)33(38)36(20-19-25(2)3)24-32-34-30-15-8-9-16-31(30)37(32)23-26-17-18-26;1-24(2)14-15-34(23-30-32-28-10-5-6-11-29(28)35(30)22-25-12-13-25)31(36)27-9-7-8-26(20-27)21-33(16-18-37-3)17-19-38-4/h6-12,19,25-27H,13-18,20-24H2,1-5H3;8-12,15-16,21,25-26,29H,4-7,13-14,17-20,22-24H2,1-3H3;5-11,20,24-25H,12-19,21-23H2,1-4H3. The third-order valence-corrected chi connectivity index (χ3v) is 24.3. The first-order valence-corrected chi connectivity index (χ1v) is 44.3. The molecular formula is C98H138N12O5. The summed E-state index contributed by atoms with van der Waals surface area (Å²) in [5.74, 6) is 7.87. The predicted molar refractivity (Wildman–Crippen MR) is 469 cm³/mol. The van der Waals surface area contributed by atoms with Gasteiger partial charge in [-0.3, -0.25) is 29.1 Å². The summed E-state index contributed by atoms with van der Waals surface area (Å²) in [6, 6.07) is 50.7. The van der Waals surface area contributed by atoms with Gasteiger partial charge in [-0.25, -0.2) is 15.0 Å². The minimum atomic E-state index is 0.0675. The number of hydrogen-bond donors (Lipinski definition) is 0. The Morgan fingerprint density at radius 2 is 0.843 bits per heavy atom. The van der Waals surface area contributed by atoms with Crippen LogP contribution in [0.2, 0.25) is 0 Å². The molecule has 1 aliphatic heterocycles. The zero-order valence-electron chi connectivity index (χ0n) is 72.1. The highest BCUT2D eigenvalue weighted by atomic mass is 16.5. The zero-order chi connectivity index (χ0) is 81.0. The van der Waals surface area contributed by atoms with Gasteiger partial charge in [0, 0.05) is 115 Å². The molecule has 9 aromatic rings. The van der Waals surface area contributed by atoms with Crippen LogP contribution in [0.15, 0.2) is 146 Å². The minimum absolute atomic E-state index is 0.0675. The first-order chi connectivity index (χ1) is 55.7. The van der Waals surface area contributed by atoms with E-state index in [9.17, 15) is 14.4 Å². The molecule has 620 valence electrons. The van der Waals surface area contributed by atoms with Crippen LogP contribution in [0.5, 0.6) is 0 Å². The van der Waals surface area contributed by atoms with Crippen molar-refractivity contribution in [1.82, 2.24) is 58.1 Å². The van der Waals surface area contributed by atoms with E-state index in [1.165, 1.54) is 111 Å². The molecule has 0 spiro atoms. The lowest BCUT2D eigenvalue weighted by Gasteiger charge is -2.33. The lowest BCUT2D eigenvalue weighted by molar-refractivity contribution is 0.0721.